The lowest BCUT2D eigenvalue weighted by Gasteiger charge is -2.12. The fraction of sp³-hybridized carbons (Fsp3) is 0.417. The average Bonchev–Trinajstić information content (AvgIpc) is 2.16. The molecule has 0 aliphatic carbocycles. The third kappa shape index (κ3) is 1.79. The van der Waals surface area contributed by atoms with Crippen LogP contribution in [0.3, 0.4) is 0 Å². The summed E-state index contributed by atoms with van der Waals surface area (Å²) in [5.41, 5.74) is 9.64. The number of hydrogen-bond donors (Lipinski definition) is 1. The first kappa shape index (κ1) is 10.8. The maximum absolute atomic E-state index is 11.3. The van der Waals surface area contributed by atoms with Gasteiger partial charge in [0.1, 0.15) is 0 Å². The molecule has 0 aliphatic heterocycles. The molecule has 2 heteroatoms. The lowest BCUT2D eigenvalue weighted by atomic mass is 9.96. The number of nitrogen functional groups attached to an aromatic ring is 1. The standard InChI is InChI=1S/C12H17NO/c1-4-9-6-7-11(8(3)14)12(13)10(9)5-2/h6-7H,4-5,13H2,1-3H3. The van der Waals surface area contributed by atoms with Gasteiger partial charge in [-0.3, -0.25) is 4.79 Å². The Morgan fingerprint density at radius 2 is 1.93 bits per heavy atom. The van der Waals surface area contributed by atoms with Gasteiger partial charge in [-0.2, -0.15) is 0 Å². The zero-order valence-electron chi connectivity index (χ0n) is 9.05. The normalized spacial score (nSPS) is 10.2. The second-order valence-electron chi connectivity index (χ2n) is 3.43. The highest BCUT2D eigenvalue weighted by Gasteiger charge is 2.10. The Morgan fingerprint density at radius 1 is 1.29 bits per heavy atom. The first-order chi connectivity index (χ1) is 6.61. The van der Waals surface area contributed by atoms with E-state index in [0.717, 1.165) is 18.4 Å². The van der Waals surface area contributed by atoms with Crippen molar-refractivity contribution < 1.29 is 4.79 Å². The smallest absolute Gasteiger partial charge is 0.161 e. The van der Waals surface area contributed by atoms with Crippen LogP contribution in [0.5, 0.6) is 0 Å². The molecule has 0 saturated heterocycles. The number of anilines is 1. The van der Waals surface area contributed by atoms with Gasteiger partial charge < -0.3 is 5.73 Å². The number of hydrogen-bond acceptors (Lipinski definition) is 2. The topological polar surface area (TPSA) is 43.1 Å². The van der Waals surface area contributed by atoms with Crippen LogP contribution in [0.4, 0.5) is 5.69 Å². The first-order valence-electron chi connectivity index (χ1n) is 5.02. The minimum Gasteiger partial charge on any atom is -0.398 e. The van der Waals surface area contributed by atoms with Crippen LogP contribution in [0.15, 0.2) is 12.1 Å². The van der Waals surface area contributed by atoms with Crippen molar-refractivity contribution in [3.05, 3.63) is 28.8 Å². The molecule has 0 fully saturated rings. The van der Waals surface area contributed by atoms with E-state index in [1.165, 1.54) is 5.56 Å². The quantitative estimate of drug-likeness (QED) is 0.589. The molecule has 1 aromatic rings. The van der Waals surface area contributed by atoms with Crippen LogP contribution >= 0.6 is 0 Å². The number of carbonyl (C=O) groups is 1. The minimum atomic E-state index is 0.0415. The van der Waals surface area contributed by atoms with E-state index in [1.54, 1.807) is 6.92 Å². The Kier molecular flexibility index (Phi) is 3.28. The fourth-order valence-electron chi connectivity index (χ4n) is 1.77. The molecule has 76 valence electrons. The van der Waals surface area contributed by atoms with Crippen molar-refractivity contribution in [2.24, 2.45) is 0 Å². The van der Waals surface area contributed by atoms with Gasteiger partial charge in [-0.1, -0.05) is 19.9 Å². The van der Waals surface area contributed by atoms with Crippen molar-refractivity contribution >= 4 is 11.5 Å². The Balaban J connectivity index is 3.34. The predicted molar refractivity (Wildman–Crippen MR) is 59.6 cm³/mol. The number of nitrogens with two attached hydrogens (primary N) is 1. The van der Waals surface area contributed by atoms with E-state index in [1.807, 2.05) is 12.1 Å². The second kappa shape index (κ2) is 4.27. The van der Waals surface area contributed by atoms with Gasteiger partial charge in [-0.15, -0.1) is 0 Å². The van der Waals surface area contributed by atoms with E-state index in [2.05, 4.69) is 13.8 Å². The van der Waals surface area contributed by atoms with Crippen molar-refractivity contribution in [3.8, 4) is 0 Å². The molecule has 0 amide bonds. The molecule has 1 rings (SSSR count). The van der Waals surface area contributed by atoms with Gasteiger partial charge in [-0.25, -0.2) is 0 Å². The van der Waals surface area contributed by atoms with E-state index in [0.29, 0.717) is 11.3 Å². The molecule has 0 spiro atoms. The van der Waals surface area contributed by atoms with Crippen LogP contribution in [-0.2, 0) is 12.8 Å². The van der Waals surface area contributed by atoms with Crippen LogP contribution in [0, 0.1) is 0 Å². The largest absolute Gasteiger partial charge is 0.398 e. The lowest BCUT2D eigenvalue weighted by Crippen LogP contribution is -2.05. The molecular weight excluding hydrogens is 174 g/mol. The Hall–Kier alpha value is -1.31. The number of carbonyl (C=O) groups excluding carboxylic acids is 1. The summed E-state index contributed by atoms with van der Waals surface area (Å²) >= 11 is 0. The molecule has 1 aromatic carbocycles. The predicted octanol–water partition coefficient (Wildman–Crippen LogP) is 2.60. The molecule has 0 radical (unpaired) electrons. The van der Waals surface area contributed by atoms with Crippen LogP contribution in [0.1, 0.15) is 42.3 Å². The van der Waals surface area contributed by atoms with Gasteiger partial charge in [0.25, 0.3) is 0 Å². The van der Waals surface area contributed by atoms with Crippen LogP contribution < -0.4 is 5.73 Å². The molecule has 14 heavy (non-hydrogen) atoms. The highest BCUT2D eigenvalue weighted by molar-refractivity contribution is 5.99. The number of Topliss-reactive ketones (excluding diaryl/α,β-unsaturated/α-hetero) is 1. The maximum atomic E-state index is 11.3. The summed E-state index contributed by atoms with van der Waals surface area (Å²) in [6.45, 7) is 5.72. The van der Waals surface area contributed by atoms with Crippen molar-refractivity contribution in [3.63, 3.8) is 0 Å². The Labute approximate surface area is 85.1 Å². The third-order valence-corrected chi connectivity index (χ3v) is 2.57. The van der Waals surface area contributed by atoms with Gasteiger partial charge in [0.15, 0.2) is 5.78 Å². The minimum absolute atomic E-state index is 0.0415. The Morgan fingerprint density at radius 3 is 2.36 bits per heavy atom. The van der Waals surface area contributed by atoms with Crippen molar-refractivity contribution in [1.29, 1.82) is 0 Å². The summed E-state index contributed by atoms with van der Waals surface area (Å²) in [5, 5.41) is 0. The van der Waals surface area contributed by atoms with E-state index < -0.39 is 0 Å². The van der Waals surface area contributed by atoms with Gasteiger partial charge in [-0.05, 0) is 37.0 Å². The van der Waals surface area contributed by atoms with Crippen LogP contribution in [0.25, 0.3) is 0 Å². The monoisotopic (exact) mass is 191 g/mol. The van der Waals surface area contributed by atoms with Crippen LogP contribution in [0.2, 0.25) is 0 Å². The fourth-order valence-corrected chi connectivity index (χ4v) is 1.77. The van der Waals surface area contributed by atoms with Crippen LogP contribution in [-0.4, -0.2) is 5.78 Å². The van der Waals surface area contributed by atoms with Crippen molar-refractivity contribution in [2.75, 3.05) is 5.73 Å². The summed E-state index contributed by atoms with van der Waals surface area (Å²) in [5.74, 6) is 0.0415. The second-order valence-corrected chi connectivity index (χ2v) is 3.43. The summed E-state index contributed by atoms with van der Waals surface area (Å²) in [6.07, 6.45) is 1.85. The molecule has 2 nitrogen and oxygen atoms in total. The summed E-state index contributed by atoms with van der Waals surface area (Å²) < 4.78 is 0. The highest BCUT2D eigenvalue weighted by Crippen LogP contribution is 2.23. The summed E-state index contributed by atoms with van der Waals surface area (Å²) in [7, 11) is 0. The van der Waals surface area contributed by atoms with Gasteiger partial charge in [0.2, 0.25) is 0 Å². The average molecular weight is 191 g/mol. The number of rotatable bonds is 3. The maximum Gasteiger partial charge on any atom is 0.161 e. The number of ketones is 1. The molecule has 0 bridgehead atoms. The molecule has 0 aliphatic rings. The lowest BCUT2D eigenvalue weighted by molar-refractivity contribution is 0.101. The molecule has 0 heterocycles. The van der Waals surface area contributed by atoms with Crippen molar-refractivity contribution in [1.82, 2.24) is 0 Å². The van der Waals surface area contributed by atoms with E-state index in [9.17, 15) is 4.79 Å². The molecule has 0 saturated carbocycles. The molecular formula is C12H17NO. The van der Waals surface area contributed by atoms with Crippen molar-refractivity contribution in [2.45, 2.75) is 33.6 Å². The highest BCUT2D eigenvalue weighted by atomic mass is 16.1. The van der Waals surface area contributed by atoms with E-state index in [-0.39, 0.29) is 5.78 Å². The molecule has 0 aromatic heterocycles. The van der Waals surface area contributed by atoms with E-state index in [4.69, 9.17) is 5.73 Å². The van der Waals surface area contributed by atoms with Gasteiger partial charge >= 0.3 is 0 Å². The summed E-state index contributed by atoms with van der Waals surface area (Å²) in [6, 6.07) is 3.83. The molecule has 2 N–H and O–H groups in total. The zero-order chi connectivity index (χ0) is 10.7. The Bertz CT molecular complexity index is 356. The van der Waals surface area contributed by atoms with E-state index >= 15 is 0 Å². The first-order valence-corrected chi connectivity index (χ1v) is 5.02. The zero-order valence-corrected chi connectivity index (χ0v) is 9.05. The molecule has 0 unspecified atom stereocenters. The number of benzene rings is 1. The van der Waals surface area contributed by atoms with Gasteiger partial charge in [0, 0.05) is 11.3 Å². The SMILES string of the molecule is CCc1ccc(C(C)=O)c(N)c1CC. The van der Waals surface area contributed by atoms with Gasteiger partial charge in [0.05, 0.1) is 0 Å². The third-order valence-electron chi connectivity index (χ3n) is 2.57. The summed E-state index contributed by atoms with van der Waals surface area (Å²) in [4.78, 5) is 11.3. The number of aryl methyl sites for hydroxylation is 1. The molecule has 0 atom stereocenters.